The molecule has 2 nitrogen and oxygen atoms in total. The van der Waals surface area contributed by atoms with E-state index >= 15 is 0 Å². The molecule has 1 aromatic carbocycles. The Morgan fingerprint density at radius 3 is 2.88 bits per heavy atom. The van der Waals surface area contributed by atoms with Crippen LogP contribution in [0, 0.1) is 5.92 Å². The van der Waals surface area contributed by atoms with E-state index in [-0.39, 0.29) is 6.10 Å². The Kier molecular flexibility index (Phi) is 3.72. The molecule has 1 atom stereocenters. The van der Waals surface area contributed by atoms with Crippen LogP contribution in [-0.4, -0.2) is 17.8 Å². The van der Waals surface area contributed by atoms with Crippen LogP contribution in [-0.2, 0) is 6.42 Å². The second-order valence-corrected chi connectivity index (χ2v) is 5.00. The molecule has 1 N–H and O–H groups in total. The average molecular weight is 241 g/mol. The highest BCUT2D eigenvalue weighted by Crippen LogP contribution is 2.31. The molecule has 0 amide bonds. The molecule has 0 bridgehead atoms. The largest absolute Gasteiger partial charge is 0.493 e. The van der Waals surface area contributed by atoms with Crippen molar-refractivity contribution < 1.29 is 9.84 Å². The van der Waals surface area contributed by atoms with E-state index in [1.54, 1.807) is 6.92 Å². The van der Waals surface area contributed by atoms with Gasteiger partial charge in [-0.2, -0.15) is 0 Å². The first-order chi connectivity index (χ1) is 7.65. The number of ether oxygens (including phenoxy) is 1. The topological polar surface area (TPSA) is 29.5 Å². The molecular weight excluding hydrogens is 224 g/mol. The van der Waals surface area contributed by atoms with Crippen molar-refractivity contribution in [2.24, 2.45) is 5.92 Å². The van der Waals surface area contributed by atoms with E-state index in [2.05, 4.69) is 0 Å². The summed E-state index contributed by atoms with van der Waals surface area (Å²) in [4.78, 5) is 0. The lowest BCUT2D eigenvalue weighted by molar-refractivity contribution is 0.193. The van der Waals surface area contributed by atoms with Crippen molar-refractivity contribution in [2.75, 3.05) is 6.61 Å². The monoisotopic (exact) mass is 240 g/mol. The number of aliphatic hydroxyl groups is 1. The summed E-state index contributed by atoms with van der Waals surface area (Å²) < 4.78 is 5.75. The molecule has 3 heteroatoms. The van der Waals surface area contributed by atoms with E-state index < -0.39 is 0 Å². The molecule has 0 aromatic heterocycles. The van der Waals surface area contributed by atoms with Crippen molar-refractivity contribution >= 4 is 11.6 Å². The molecular formula is C13H17ClO2. The van der Waals surface area contributed by atoms with Gasteiger partial charge in [-0.1, -0.05) is 11.6 Å². The Hall–Kier alpha value is -0.730. The third-order valence-electron chi connectivity index (χ3n) is 2.71. The van der Waals surface area contributed by atoms with Crippen LogP contribution in [0.15, 0.2) is 18.2 Å². The van der Waals surface area contributed by atoms with E-state index in [4.69, 9.17) is 16.3 Å². The predicted octanol–water partition coefficient (Wildman–Crippen LogP) is 3.05. The average Bonchev–Trinajstić information content (AvgIpc) is 2.99. The van der Waals surface area contributed by atoms with Crippen LogP contribution in [0.4, 0.5) is 0 Å². The second kappa shape index (κ2) is 5.07. The van der Waals surface area contributed by atoms with Crippen LogP contribution in [0.5, 0.6) is 5.75 Å². The van der Waals surface area contributed by atoms with Crippen LogP contribution < -0.4 is 4.74 Å². The fourth-order valence-electron chi connectivity index (χ4n) is 1.66. The summed E-state index contributed by atoms with van der Waals surface area (Å²) in [5.41, 5.74) is 0.989. The van der Waals surface area contributed by atoms with Crippen molar-refractivity contribution in [1.29, 1.82) is 0 Å². The van der Waals surface area contributed by atoms with Gasteiger partial charge in [0.25, 0.3) is 0 Å². The molecule has 0 spiro atoms. The van der Waals surface area contributed by atoms with Crippen molar-refractivity contribution in [3.8, 4) is 5.75 Å². The van der Waals surface area contributed by atoms with Gasteiger partial charge in [0.2, 0.25) is 0 Å². The maximum atomic E-state index is 9.41. The van der Waals surface area contributed by atoms with Crippen LogP contribution >= 0.6 is 11.6 Å². The Balaban J connectivity index is 2.06. The number of benzene rings is 1. The minimum absolute atomic E-state index is 0.373. The van der Waals surface area contributed by atoms with Gasteiger partial charge in [-0.05, 0) is 49.4 Å². The van der Waals surface area contributed by atoms with Gasteiger partial charge in [0.05, 0.1) is 12.7 Å². The molecule has 1 aliphatic rings. The Labute approximate surface area is 101 Å². The summed E-state index contributed by atoms with van der Waals surface area (Å²) in [6.07, 6.45) is 2.76. The van der Waals surface area contributed by atoms with E-state index in [1.165, 1.54) is 12.8 Å². The fourth-order valence-corrected chi connectivity index (χ4v) is 1.85. The zero-order chi connectivity index (χ0) is 11.5. The normalized spacial score (nSPS) is 17.2. The van der Waals surface area contributed by atoms with Gasteiger partial charge in [0, 0.05) is 11.4 Å². The van der Waals surface area contributed by atoms with Gasteiger partial charge in [-0.15, -0.1) is 0 Å². The van der Waals surface area contributed by atoms with Gasteiger partial charge in [-0.3, -0.25) is 0 Å². The van der Waals surface area contributed by atoms with Crippen molar-refractivity contribution in [3.63, 3.8) is 0 Å². The lowest BCUT2D eigenvalue weighted by Crippen LogP contribution is -2.08. The molecule has 1 aliphatic carbocycles. The second-order valence-electron chi connectivity index (χ2n) is 4.56. The van der Waals surface area contributed by atoms with Crippen LogP contribution in [0.3, 0.4) is 0 Å². The Bertz CT molecular complexity index is 359. The first-order valence-electron chi connectivity index (χ1n) is 5.74. The first-order valence-corrected chi connectivity index (χ1v) is 6.12. The SMILES string of the molecule is CC(O)Cc1cc(Cl)ccc1OCC1CC1. The highest BCUT2D eigenvalue weighted by atomic mass is 35.5. The molecule has 1 unspecified atom stereocenters. The van der Waals surface area contributed by atoms with Gasteiger partial charge < -0.3 is 9.84 Å². The van der Waals surface area contributed by atoms with Crippen LogP contribution in [0.2, 0.25) is 5.02 Å². The van der Waals surface area contributed by atoms with E-state index in [0.29, 0.717) is 11.4 Å². The van der Waals surface area contributed by atoms with Crippen LogP contribution in [0.25, 0.3) is 0 Å². The predicted molar refractivity (Wildman–Crippen MR) is 65.1 cm³/mol. The Morgan fingerprint density at radius 1 is 1.50 bits per heavy atom. The summed E-state index contributed by atoms with van der Waals surface area (Å²) in [6.45, 7) is 2.56. The summed E-state index contributed by atoms with van der Waals surface area (Å²) in [5.74, 6) is 1.59. The number of halogens is 1. The summed E-state index contributed by atoms with van der Waals surface area (Å²) in [5, 5.41) is 10.1. The molecule has 88 valence electrons. The molecule has 0 radical (unpaired) electrons. The fraction of sp³-hybridized carbons (Fsp3) is 0.538. The molecule has 2 rings (SSSR count). The molecule has 0 aliphatic heterocycles. The third kappa shape index (κ3) is 3.39. The zero-order valence-electron chi connectivity index (χ0n) is 9.45. The summed E-state index contributed by atoms with van der Waals surface area (Å²) >= 11 is 5.94. The van der Waals surface area contributed by atoms with Gasteiger partial charge >= 0.3 is 0 Å². The minimum atomic E-state index is -0.373. The zero-order valence-corrected chi connectivity index (χ0v) is 10.2. The summed E-state index contributed by atoms with van der Waals surface area (Å²) in [7, 11) is 0. The summed E-state index contributed by atoms with van der Waals surface area (Å²) in [6, 6.07) is 5.59. The number of rotatable bonds is 5. The molecule has 1 saturated carbocycles. The molecule has 1 fully saturated rings. The highest BCUT2D eigenvalue weighted by molar-refractivity contribution is 6.30. The van der Waals surface area contributed by atoms with E-state index in [0.717, 1.165) is 23.8 Å². The maximum Gasteiger partial charge on any atom is 0.122 e. The molecule has 0 heterocycles. The van der Waals surface area contributed by atoms with E-state index in [9.17, 15) is 5.11 Å². The van der Waals surface area contributed by atoms with Gasteiger partial charge in [-0.25, -0.2) is 0 Å². The number of aliphatic hydroxyl groups excluding tert-OH is 1. The van der Waals surface area contributed by atoms with Crippen LogP contribution in [0.1, 0.15) is 25.3 Å². The van der Waals surface area contributed by atoms with Crippen molar-refractivity contribution in [2.45, 2.75) is 32.3 Å². The number of hydrogen-bond donors (Lipinski definition) is 1. The van der Waals surface area contributed by atoms with E-state index in [1.807, 2.05) is 18.2 Å². The number of hydrogen-bond acceptors (Lipinski definition) is 2. The smallest absolute Gasteiger partial charge is 0.122 e. The molecule has 1 aromatic rings. The lowest BCUT2D eigenvalue weighted by Gasteiger charge is -2.12. The van der Waals surface area contributed by atoms with Gasteiger partial charge in [0.15, 0.2) is 0 Å². The maximum absolute atomic E-state index is 9.41. The molecule has 0 saturated heterocycles. The van der Waals surface area contributed by atoms with Crippen molar-refractivity contribution in [1.82, 2.24) is 0 Å². The minimum Gasteiger partial charge on any atom is -0.493 e. The first kappa shape index (κ1) is 11.7. The third-order valence-corrected chi connectivity index (χ3v) is 2.94. The Morgan fingerprint density at radius 2 is 2.25 bits per heavy atom. The van der Waals surface area contributed by atoms with Crippen molar-refractivity contribution in [3.05, 3.63) is 28.8 Å². The lowest BCUT2D eigenvalue weighted by atomic mass is 10.1. The standard InChI is InChI=1S/C13H17ClO2/c1-9(15)6-11-7-12(14)4-5-13(11)16-8-10-2-3-10/h4-5,7,9-10,15H,2-3,6,8H2,1H3. The van der Waals surface area contributed by atoms with Gasteiger partial charge in [0.1, 0.15) is 5.75 Å². The highest BCUT2D eigenvalue weighted by Gasteiger charge is 2.22. The molecule has 16 heavy (non-hydrogen) atoms. The quantitative estimate of drug-likeness (QED) is 0.857.